The van der Waals surface area contributed by atoms with Crippen LogP contribution in [-0.4, -0.2) is 36.5 Å². The van der Waals surface area contributed by atoms with Gasteiger partial charge in [0.1, 0.15) is 17.5 Å². The molecule has 0 aliphatic heterocycles. The molecule has 166 valence electrons. The lowest BCUT2D eigenvalue weighted by atomic mass is 10.1. The Morgan fingerprint density at radius 3 is 2.09 bits per heavy atom. The van der Waals surface area contributed by atoms with Crippen LogP contribution in [0.15, 0.2) is 84.9 Å². The molecule has 2 amide bonds. The SMILES string of the molecule is COc1ccc(CNC(=O)[C@H](C)N(Cc2ccccc2)C(=O)COc2ccccc2)cc1. The summed E-state index contributed by atoms with van der Waals surface area (Å²) in [6.45, 7) is 2.26. The predicted octanol–water partition coefficient (Wildman–Crippen LogP) is 3.81. The van der Waals surface area contributed by atoms with Gasteiger partial charge in [-0.15, -0.1) is 0 Å². The third-order valence-electron chi connectivity index (χ3n) is 5.09. The molecule has 0 radical (unpaired) electrons. The minimum absolute atomic E-state index is 0.146. The number of hydrogen-bond acceptors (Lipinski definition) is 4. The molecule has 6 nitrogen and oxygen atoms in total. The molecule has 1 atom stereocenters. The van der Waals surface area contributed by atoms with Crippen molar-refractivity contribution in [1.82, 2.24) is 10.2 Å². The molecule has 0 fully saturated rings. The normalized spacial score (nSPS) is 11.3. The van der Waals surface area contributed by atoms with Crippen LogP contribution in [0.3, 0.4) is 0 Å². The van der Waals surface area contributed by atoms with E-state index in [1.165, 1.54) is 0 Å². The molecule has 0 aliphatic carbocycles. The van der Waals surface area contributed by atoms with Crippen molar-refractivity contribution in [3.8, 4) is 11.5 Å². The summed E-state index contributed by atoms with van der Waals surface area (Å²) in [5.41, 5.74) is 1.88. The third kappa shape index (κ3) is 6.60. The molecular weight excluding hydrogens is 404 g/mol. The van der Waals surface area contributed by atoms with Gasteiger partial charge in [0, 0.05) is 13.1 Å². The van der Waals surface area contributed by atoms with Gasteiger partial charge in [0.05, 0.1) is 7.11 Å². The number of carbonyl (C=O) groups excluding carboxylic acids is 2. The first-order chi connectivity index (χ1) is 15.6. The number of rotatable bonds is 10. The van der Waals surface area contributed by atoms with Crippen LogP contribution in [0.4, 0.5) is 0 Å². The summed E-state index contributed by atoms with van der Waals surface area (Å²) in [4.78, 5) is 27.4. The number of nitrogens with one attached hydrogen (secondary N) is 1. The number of methoxy groups -OCH3 is 1. The summed E-state index contributed by atoms with van der Waals surface area (Å²) in [6.07, 6.45) is 0. The van der Waals surface area contributed by atoms with Crippen molar-refractivity contribution in [3.63, 3.8) is 0 Å². The van der Waals surface area contributed by atoms with Crippen LogP contribution in [0.2, 0.25) is 0 Å². The zero-order chi connectivity index (χ0) is 22.8. The van der Waals surface area contributed by atoms with E-state index in [0.717, 1.165) is 16.9 Å². The molecule has 0 spiro atoms. The van der Waals surface area contributed by atoms with Gasteiger partial charge < -0.3 is 19.7 Å². The van der Waals surface area contributed by atoms with Crippen LogP contribution in [0.1, 0.15) is 18.1 Å². The van der Waals surface area contributed by atoms with Crippen LogP contribution < -0.4 is 14.8 Å². The monoisotopic (exact) mass is 432 g/mol. The van der Waals surface area contributed by atoms with E-state index < -0.39 is 6.04 Å². The van der Waals surface area contributed by atoms with Gasteiger partial charge in [-0.3, -0.25) is 9.59 Å². The minimum Gasteiger partial charge on any atom is -0.497 e. The fourth-order valence-corrected chi connectivity index (χ4v) is 3.19. The van der Waals surface area contributed by atoms with Gasteiger partial charge >= 0.3 is 0 Å². The van der Waals surface area contributed by atoms with Gasteiger partial charge in [-0.2, -0.15) is 0 Å². The summed E-state index contributed by atoms with van der Waals surface area (Å²) in [5, 5.41) is 2.92. The van der Waals surface area contributed by atoms with Crippen LogP contribution in [0.5, 0.6) is 11.5 Å². The van der Waals surface area contributed by atoms with Gasteiger partial charge in [-0.05, 0) is 42.3 Å². The Morgan fingerprint density at radius 2 is 1.47 bits per heavy atom. The maximum Gasteiger partial charge on any atom is 0.261 e. The van der Waals surface area contributed by atoms with E-state index in [1.807, 2.05) is 72.8 Å². The number of hydrogen-bond donors (Lipinski definition) is 1. The number of carbonyl (C=O) groups is 2. The van der Waals surface area contributed by atoms with Gasteiger partial charge in [0.25, 0.3) is 5.91 Å². The zero-order valence-electron chi connectivity index (χ0n) is 18.4. The largest absolute Gasteiger partial charge is 0.497 e. The maximum absolute atomic E-state index is 13.0. The number of amides is 2. The first-order valence-corrected chi connectivity index (χ1v) is 10.5. The van der Waals surface area contributed by atoms with Crippen LogP contribution in [0.25, 0.3) is 0 Å². The van der Waals surface area contributed by atoms with E-state index in [9.17, 15) is 9.59 Å². The van der Waals surface area contributed by atoms with Gasteiger partial charge in [0.15, 0.2) is 6.61 Å². The lowest BCUT2D eigenvalue weighted by molar-refractivity contribution is -0.142. The van der Waals surface area contributed by atoms with Crippen molar-refractivity contribution in [2.45, 2.75) is 26.1 Å². The summed E-state index contributed by atoms with van der Waals surface area (Å²) in [7, 11) is 1.61. The molecule has 32 heavy (non-hydrogen) atoms. The Labute approximate surface area is 188 Å². The molecule has 0 heterocycles. The smallest absolute Gasteiger partial charge is 0.261 e. The van der Waals surface area contributed by atoms with Crippen LogP contribution >= 0.6 is 0 Å². The molecule has 3 aromatic carbocycles. The van der Waals surface area contributed by atoms with E-state index in [2.05, 4.69) is 5.32 Å². The van der Waals surface area contributed by atoms with E-state index >= 15 is 0 Å². The highest BCUT2D eigenvalue weighted by atomic mass is 16.5. The van der Waals surface area contributed by atoms with Crippen molar-refractivity contribution < 1.29 is 19.1 Å². The molecular formula is C26H28N2O4. The predicted molar refractivity (Wildman–Crippen MR) is 123 cm³/mol. The highest BCUT2D eigenvalue weighted by Crippen LogP contribution is 2.14. The molecule has 0 saturated carbocycles. The Hall–Kier alpha value is -3.80. The number of ether oxygens (including phenoxy) is 2. The second-order valence-electron chi connectivity index (χ2n) is 7.35. The Bertz CT molecular complexity index is 991. The standard InChI is InChI=1S/C26H28N2O4/c1-20(26(30)27-17-21-13-15-23(31-2)16-14-21)28(18-22-9-5-3-6-10-22)25(29)19-32-24-11-7-4-8-12-24/h3-16,20H,17-19H2,1-2H3,(H,27,30)/t20-/m0/s1. The summed E-state index contributed by atoms with van der Waals surface area (Å²) in [6, 6.07) is 25.6. The number of para-hydroxylation sites is 1. The van der Waals surface area contributed by atoms with Crippen molar-refractivity contribution in [1.29, 1.82) is 0 Å². The quantitative estimate of drug-likeness (QED) is 0.529. The number of nitrogens with zero attached hydrogens (tertiary/aromatic N) is 1. The molecule has 0 aliphatic rings. The van der Waals surface area contributed by atoms with Crippen LogP contribution in [0, 0.1) is 0 Å². The van der Waals surface area contributed by atoms with Crippen LogP contribution in [-0.2, 0) is 22.7 Å². The molecule has 0 aromatic heterocycles. The molecule has 0 saturated heterocycles. The lowest BCUT2D eigenvalue weighted by Crippen LogP contribution is -2.48. The maximum atomic E-state index is 13.0. The fraction of sp³-hybridized carbons (Fsp3) is 0.231. The average molecular weight is 433 g/mol. The first-order valence-electron chi connectivity index (χ1n) is 10.5. The van der Waals surface area contributed by atoms with E-state index in [-0.39, 0.29) is 18.4 Å². The molecule has 1 N–H and O–H groups in total. The van der Waals surface area contributed by atoms with E-state index in [1.54, 1.807) is 31.1 Å². The molecule has 6 heteroatoms. The minimum atomic E-state index is -0.666. The topological polar surface area (TPSA) is 67.9 Å². The number of benzene rings is 3. The Balaban J connectivity index is 1.65. The van der Waals surface area contributed by atoms with E-state index in [0.29, 0.717) is 18.8 Å². The second kappa shape index (κ2) is 11.6. The van der Waals surface area contributed by atoms with Crippen molar-refractivity contribution in [2.24, 2.45) is 0 Å². The highest BCUT2D eigenvalue weighted by molar-refractivity contribution is 5.87. The van der Waals surface area contributed by atoms with Crippen molar-refractivity contribution in [2.75, 3.05) is 13.7 Å². The van der Waals surface area contributed by atoms with Gasteiger partial charge in [0.2, 0.25) is 5.91 Å². The fourth-order valence-electron chi connectivity index (χ4n) is 3.19. The Morgan fingerprint density at radius 1 is 0.844 bits per heavy atom. The average Bonchev–Trinajstić information content (AvgIpc) is 2.85. The highest BCUT2D eigenvalue weighted by Gasteiger charge is 2.26. The van der Waals surface area contributed by atoms with Gasteiger partial charge in [-0.25, -0.2) is 0 Å². The molecule has 3 rings (SSSR count). The Kier molecular flexibility index (Phi) is 8.26. The summed E-state index contributed by atoms with van der Waals surface area (Å²) in [5.74, 6) is 0.873. The zero-order valence-corrected chi connectivity index (χ0v) is 18.4. The molecule has 3 aromatic rings. The van der Waals surface area contributed by atoms with E-state index in [4.69, 9.17) is 9.47 Å². The third-order valence-corrected chi connectivity index (χ3v) is 5.09. The van der Waals surface area contributed by atoms with Crippen molar-refractivity contribution >= 4 is 11.8 Å². The molecule has 0 unspecified atom stereocenters. The molecule has 0 bridgehead atoms. The van der Waals surface area contributed by atoms with Gasteiger partial charge in [-0.1, -0.05) is 60.7 Å². The lowest BCUT2D eigenvalue weighted by Gasteiger charge is -2.28. The summed E-state index contributed by atoms with van der Waals surface area (Å²) >= 11 is 0. The second-order valence-corrected chi connectivity index (χ2v) is 7.35. The van der Waals surface area contributed by atoms with Crippen molar-refractivity contribution in [3.05, 3.63) is 96.1 Å². The summed E-state index contributed by atoms with van der Waals surface area (Å²) < 4.78 is 10.8. The first kappa shape index (κ1) is 22.9.